The van der Waals surface area contributed by atoms with Crippen molar-refractivity contribution >= 4 is 23.2 Å². The third kappa shape index (κ3) is 4.54. The van der Waals surface area contributed by atoms with Crippen LogP contribution >= 0.6 is 11.8 Å². The quantitative estimate of drug-likeness (QED) is 0.502. The van der Waals surface area contributed by atoms with E-state index in [1.165, 1.54) is 11.7 Å². The van der Waals surface area contributed by atoms with Crippen LogP contribution in [-0.2, 0) is 6.54 Å². The summed E-state index contributed by atoms with van der Waals surface area (Å²) in [6.07, 6.45) is 1.81. The van der Waals surface area contributed by atoms with E-state index in [-0.39, 0.29) is 22.4 Å². The molecule has 172 valence electrons. The van der Waals surface area contributed by atoms with Gasteiger partial charge in [0.05, 0.1) is 18.5 Å². The summed E-state index contributed by atoms with van der Waals surface area (Å²) in [5, 5.41) is 21.0. The number of hydrogen-bond donors (Lipinski definition) is 3. The second kappa shape index (κ2) is 9.58. The number of nitrogens with zero attached hydrogens (tertiary/aromatic N) is 2. The van der Waals surface area contributed by atoms with E-state index in [0.717, 1.165) is 16.9 Å². The number of para-hydroxylation sites is 1. The molecular weight excluding hydrogens is 442 g/mol. The van der Waals surface area contributed by atoms with Gasteiger partial charge in [-0.1, -0.05) is 31.5 Å². The maximum atomic E-state index is 12.8. The molecule has 1 aromatic heterocycles. The van der Waals surface area contributed by atoms with Crippen molar-refractivity contribution < 1.29 is 14.9 Å². The normalized spacial score (nSPS) is 15.5. The molecule has 1 atom stereocenters. The number of benzene rings is 2. The van der Waals surface area contributed by atoms with Crippen LogP contribution in [0.25, 0.3) is 0 Å². The predicted molar refractivity (Wildman–Crippen MR) is 128 cm³/mol. The van der Waals surface area contributed by atoms with Gasteiger partial charge >= 0.3 is 5.69 Å². The fourth-order valence-corrected chi connectivity index (χ4v) is 5.03. The molecule has 3 aromatic rings. The van der Waals surface area contributed by atoms with Gasteiger partial charge in [0, 0.05) is 23.1 Å². The van der Waals surface area contributed by atoms with Crippen LogP contribution in [0.15, 0.2) is 61.9 Å². The van der Waals surface area contributed by atoms with Crippen LogP contribution in [0.2, 0.25) is 0 Å². The molecule has 3 N–H and O–H groups in total. The molecular formula is C24H25N3O5S. The molecule has 4 rings (SSSR count). The van der Waals surface area contributed by atoms with E-state index < -0.39 is 11.2 Å². The van der Waals surface area contributed by atoms with Crippen molar-refractivity contribution in [3.05, 3.63) is 74.4 Å². The number of phenols is 1. The highest BCUT2D eigenvalue weighted by atomic mass is 32.2. The fourth-order valence-electron chi connectivity index (χ4n) is 3.81. The van der Waals surface area contributed by atoms with Crippen LogP contribution < -0.4 is 16.0 Å². The van der Waals surface area contributed by atoms with Crippen molar-refractivity contribution in [2.75, 3.05) is 7.11 Å². The van der Waals surface area contributed by atoms with Gasteiger partial charge in [0.15, 0.2) is 11.5 Å². The number of aromatic hydroxyl groups is 2. The van der Waals surface area contributed by atoms with Crippen LogP contribution in [0.3, 0.4) is 0 Å². The van der Waals surface area contributed by atoms with Gasteiger partial charge in [0.2, 0.25) is 5.88 Å². The molecule has 33 heavy (non-hydrogen) atoms. The highest BCUT2D eigenvalue weighted by Crippen LogP contribution is 2.46. The zero-order valence-corrected chi connectivity index (χ0v) is 19.2. The summed E-state index contributed by atoms with van der Waals surface area (Å²) in [6.45, 7) is 2.27. The number of nitrogens with one attached hydrogen (secondary N) is 1. The first-order valence-corrected chi connectivity index (χ1v) is 11.6. The molecule has 0 amide bonds. The minimum atomic E-state index is -0.676. The molecule has 0 spiro atoms. The molecule has 0 aliphatic carbocycles. The molecule has 1 aliphatic rings. The van der Waals surface area contributed by atoms with Crippen molar-refractivity contribution in [1.29, 1.82) is 0 Å². The molecule has 8 nitrogen and oxygen atoms in total. The van der Waals surface area contributed by atoms with Gasteiger partial charge < -0.3 is 14.9 Å². The van der Waals surface area contributed by atoms with Crippen LogP contribution in [-0.4, -0.2) is 32.6 Å². The Morgan fingerprint density at radius 2 is 2.00 bits per heavy atom. The van der Waals surface area contributed by atoms with Crippen LogP contribution in [0.4, 0.5) is 5.69 Å². The number of aromatic amines is 1. The van der Waals surface area contributed by atoms with Crippen molar-refractivity contribution in [3.8, 4) is 17.4 Å². The largest absolute Gasteiger partial charge is 0.504 e. The van der Waals surface area contributed by atoms with E-state index in [9.17, 15) is 19.8 Å². The first-order chi connectivity index (χ1) is 15.9. The molecule has 2 heterocycles. The second-order valence-electron chi connectivity index (χ2n) is 7.73. The smallest absolute Gasteiger partial charge is 0.331 e. The average Bonchev–Trinajstić information content (AvgIpc) is 2.98. The zero-order valence-electron chi connectivity index (χ0n) is 18.4. The Labute approximate surface area is 194 Å². The maximum absolute atomic E-state index is 12.8. The van der Waals surface area contributed by atoms with Crippen molar-refractivity contribution in [3.63, 3.8) is 0 Å². The Morgan fingerprint density at radius 3 is 2.73 bits per heavy atom. The number of methoxy groups -OCH3 is 1. The third-order valence-electron chi connectivity index (χ3n) is 5.54. The van der Waals surface area contributed by atoms with Gasteiger partial charge in [-0.25, -0.2) is 4.79 Å². The summed E-state index contributed by atoms with van der Waals surface area (Å²) in [5.41, 5.74) is 0.531. The number of rotatable bonds is 6. The SMILES string of the molecule is CCCCn1c(O)c(C2=Nc3ccccc3S[C@@H](c3ccc(OC)c(O)c3)C2)c(=O)[nH]c1=O. The van der Waals surface area contributed by atoms with E-state index in [2.05, 4.69) is 4.98 Å². The first kappa shape index (κ1) is 22.7. The molecule has 0 saturated heterocycles. The number of unbranched alkanes of at least 4 members (excludes halogenated alkanes) is 1. The van der Waals surface area contributed by atoms with Gasteiger partial charge in [0.25, 0.3) is 5.56 Å². The van der Waals surface area contributed by atoms with Gasteiger partial charge in [-0.15, -0.1) is 11.8 Å². The average molecular weight is 468 g/mol. The number of hydrogen-bond acceptors (Lipinski definition) is 7. The summed E-state index contributed by atoms with van der Waals surface area (Å²) < 4.78 is 6.34. The van der Waals surface area contributed by atoms with Gasteiger partial charge in [-0.3, -0.25) is 19.3 Å². The van der Waals surface area contributed by atoms with Crippen molar-refractivity contribution in [2.24, 2.45) is 4.99 Å². The lowest BCUT2D eigenvalue weighted by Crippen LogP contribution is -2.34. The summed E-state index contributed by atoms with van der Waals surface area (Å²) in [7, 11) is 1.48. The highest BCUT2D eigenvalue weighted by Gasteiger charge is 2.27. The van der Waals surface area contributed by atoms with E-state index in [1.54, 1.807) is 23.9 Å². The van der Waals surface area contributed by atoms with E-state index in [0.29, 0.717) is 36.5 Å². The van der Waals surface area contributed by atoms with Gasteiger partial charge in [0.1, 0.15) is 5.56 Å². The summed E-state index contributed by atoms with van der Waals surface area (Å²) in [5.74, 6) is 0.000780. The van der Waals surface area contributed by atoms with E-state index in [4.69, 9.17) is 9.73 Å². The molecule has 0 saturated carbocycles. The molecule has 0 fully saturated rings. The lowest BCUT2D eigenvalue weighted by molar-refractivity contribution is 0.373. The Bertz CT molecular complexity index is 1330. The summed E-state index contributed by atoms with van der Waals surface area (Å²) >= 11 is 1.56. The molecule has 0 unspecified atom stereocenters. The molecule has 0 bridgehead atoms. The molecule has 0 radical (unpaired) electrons. The maximum Gasteiger partial charge on any atom is 0.331 e. The number of fused-ring (bicyclic) bond motifs is 1. The van der Waals surface area contributed by atoms with E-state index >= 15 is 0 Å². The fraction of sp³-hybridized carbons (Fsp3) is 0.292. The first-order valence-electron chi connectivity index (χ1n) is 10.7. The number of H-pyrrole nitrogens is 1. The minimum Gasteiger partial charge on any atom is -0.504 e. The minimum absolute atomic E-state index is 0.00857. The van der Waals surface area contributed by atoms with Crippen LogP contribution in [0.5, 0.6) is 17.4 Å². The lowest BCUT2D eigenvalue weighted by Gasteiger charge is -2.18. The van der Waals surface area contributed by atoms with E-state index in [1.807, 2.05) is 37.3 Å². The lowest BCUT2D eigenvalue weighted by atomic mass is 10.0. The molecule has 2 aromatic carbocycles. The Kier molecular flexibility index (Phi) is 6.60. The van der Waals surface area contributed by atoms with Crippen LogP contribution in [0.1, 0.15) is 42.6 Å². The zero-order chi connectivity index (χ0) is 23.5. The monoisotopic (exact) mass is 467 g/mol. The predicted octanol–water partition coefficient (Wildman–Crippen LogP) is 4.11. The number of aromatic nitrogens is 2. The summed E-state index contributed by atoms with van der Waals surface area (Å²) in [6, 6.07) is 12.7. The third-order valence-corrected chi connectivity index (χ3v) is 6.86. The summed E-state index contributed by atoms with van der Waals surface area (Å²) in [4.78, 5) is 33.1. The Morgan fingerprint density at radius 1 is 1.21 bits per heavy atom. The topological polar surface area (TPSA) is 117 Å². The van der Waals surface area contributed by atoms with Gasteiger partial charge in [-0.05, 0) is 36.2 Å². The Balaban J connectivity index is 1.86. The van der Waals surface area contributed by atoms with Crippen molar-refractivity contribution in [1.82, 2.24) is 9.55 Å². The highest BCUT2D eigenvalue weighted by molar-refractivity contribution is 7.99. The number of aliphatic imine (C=N–C) groups is 1. The number of ether oxygens (including phenoxy) is 1. The van der Waals surface area contributed by atoms with Gasteiger partial charge in [-0.2, -0.15) is 0 Å². The standard InChI is InChI=1S/C24H25N3O5S/c1-3-4-11-27-23(30)21(22(29)26-24(27)31)16-13-20(14-9-10-18(32-2)17(28)12-14)33-19-8-6-5-7-15(19)25-16/h5-10,12,20,28,30H,3-4,11,13H2,1-2H3,(H,26,29,31)/t20-/m1/s1. The molecule has 9 heteroatoms. The number of phenolic OH excluding ortho intramolecular Hbond substituents is 1. The van der Waals surface area contributed by atoms with Crippen molar-refractivity contribution in [2.45, 2.75) is 42.9 Å². The van der Waals surface area contributed by atoms with Crippen LogP contribution in [0, 0.1) is 0 Å². The Hall–Kier alpha value is -3.46. The number of thioether (sulfide) groups is 1. The molecule has 1 aliphatic heterocycles. The second-order valence-corrected chi connectivity index (χ2v) is 8.98.